The fourth-order valence-electron chi connectivity index (χ4n) is 2.88. The largest absolute Gasteiger partial charge is 0.356 e. The van der Waals surface area contributed by atoms with E-state index in [0.717, 1.165) is 43.0 Å². The first-order valence-corrected chi connectivity index (χ1v) is 9.30. The number of aryl methyl sites for hydroxylation is 1. The number of guanidine groups is 1. The van der Waals surface area contributed by atoms with E-state index in [9.17, 15) is 0 Å². The second-order valence-corrected chi connectivity index (χ2v) is 6.86. The van der Waals surface area contributed by atoms with Crippen LogP contribution in [0.2, 0.25) is 0 Å². The molecule has 0 unspecified atom stereocenters. The molecule has 25 heavy (non-hydrogen) atoms. The van der Waals surface area contributed by atoms with Crippen LogP contribution in [0, 0.1) is 12.8 Å². The van der Waals surface area contributed by atoms with Gasteiger partial charge >= 0.3 is 0 Å². The van der Waals surface area contributed by atoms with E-state index in [1.165, 1.54) is 25.9 Å². The Labute approximate surface area is 151 Å². The smallest absolute Gasteiger partial charge is 0.191 e. The monoisotopic (exact) mass is 347 g/mol. The number of aliphatic imine (C=N–C) groups is 1. The summed E-state index contributed by atoms with van der Waals surface area (Å²) in [6, 6.07) is 0. The number of aromatic nitrogens is 3. The van der Waals surface area contributed by atoms with Gasteiger partial charge in [-0.2, -0.15) is 0 Å². The molecular weight excluding hydrogens is 314 g/mol. The Kier molecular flexibility index (Phi) is 7.91. The lowest BCUT2D eigenvalue weighted by Crippen LogP contribution is -2.40. The Balaban J connectivity index is 1.76. The molecule has 2 heterocycles. The van der Waals surface area contributed by atoms with Crippen molar-refractivity contribution in [3.05, 3.63) is 24.3 Å². The zero-order chi connectivity index (χ0) is 18.1. The van der Waals surface area contributed by atoms with Crippen LogP contribution in [0.15, 0.2) is 17.6 Å². The summed E-state index contributed by atoms with van der Waals surface area (Å²) in [5, 5.41) is 14.9. The van der Waals surface area contributed by atoms with Gasteiger partial charge in [0, 0.05) is 20.1 Å². The van der Waals surface area contributed by atoms with Crippen LogP contribution >= 0.6 is 0 Å². The van der Waals surface area contributed by atoms with Gasteiger partial charge in [0.2, 0.25) is 0 Å². The topological polar surface area (TPSA) is 70.4 Å². The predicted molar refractivity (Wildman–Crippen MR) is 103 cm³/mol. The van der Waals surface area contributed by atoms with Crippen molar-refractivity contribution in [2.45, 2.75) is 39.7 Å². The molecule has 2 N–H and O–H groups in total. The normalized spacial score (nSPS) is 16.8. The summed E-state index contributed by atoms with van der Waals surface area (Å²) in [7, 11) is 1.96. The highest BCUT2D eigenvalue weighted by molar-refractivity contribution is 5.79. The lowest BCUT2D eigenvalue weighted by Gasteiger charge is -2.30. The van der Waals surface area contributed by atoms with Crippen molar-refractivity contribution in [1.29, 1.82) is 0 Å². The van der Waals surface area contributed by atoms with Crippen LogP contribution in [0.1, 0.15) is 37.8 Å². The molecule has 1 fully saturated rings. The van der Waals surface area contributed by atoms with E-state index in [4.69, 9.17) is 0 Å². The summed E-state index contributed by atoms with van der Waals surface area (Å²) in [4.78, 5) is 7.18. The molecule has 7 heteroatoms. The molecule has 0 atom stereocenters. The van der Waals surface area contributed by atoms with Gasteiger partial charge in [-0.3, -0.25) is 0 Å². The molecule has 1 aromatic heterocycles. The molecule has 1 aliphatic rings. The molecule has 0 bridgehead atoms. The van der Waals surface area contributed by atoms with E-state index in [1.807, 2.05) is 24.6 Å². The van der Waals surface area contributed by atoms with Crippen LogP contribution in [0.3, 0.4) is 0 Å². The number of nitrogens with one attached hydrogen (secondary N) is 2. The van der Waals surface area contributed by atoms with Gasteiger partial charge in [0.15, 0.2) is 11.8 Å². The van der Waals surface area contributed by atoms with Crippen molar-refractivity contribution in [2.75, 3.05) is 32.7 Å². The van der Waals surface area contributed by atoms with E-state index in [0.29, 0.717) is 13.1 Å². The van der Waals surface area contributed by atoms with Crippen LogP contribution in [-0.2, 0) is 13.6 Å². The Hall–Kier alpha value is -1.89. The number of likely N-dealkylation sites (tertiary alicyclic amines) is 1. The minimum Gasteiger partial charge on any atom is -0.356 e. The molecule has 0 saturated carbocycles. The van der Waals surface area contributed by atoms with Crippen molar-refractivity contribution >= 4 is 5.96 Å². The summed E-state index contributed by atoms with van der Waals surface area (Å²) in [5.74, 6) is 3.45. The molecule has 1 aromatic rings. The maximum atomic E-state index is 4.61. The quantitative estimate of drug-likeness (QED) is 0.322. The summed E-state index contributed by atoms with van der Waals surface area (Å²) >= 11 is 0. The number of piperidine rings is 1. The molecule has 0 amide bonds. The van der Waals surface area contributed by atoms with Gasteiger partial charge in [-0.25, -0.2) is 4.99 Å². The van der Waals surface area contributed by atoms with Crippen LogP contribution in [0.25, 0.3) is 0 Å². The molecule has 7 nitrogen and oxygen atoms in total. The number of rotatable bonds is 8. The molecule has 0 spiro atoms. The molecule has 1 aliphatic heterocycles. The Morgan fingerprint density at radius 2 is 2.08 bits per heavy atom. The second kappa shape index (κ2) is 10.2. The van der Waals surface area contributed by atoms with Crippen molar-refractivity contribution in [3.63, 3.8) is 0 Å². The minimum absolute atomic E-state index is 0.508. The van der Waals surface area contributed by atoms with Gasteiger partial charge in [0.05, 0.1) is 0 Å². The highest BCUT2D eigenvalue weighted by atomic mass is 15.3. The van der Waals surface area contributed by atoms with Crippen LogP contribution in [-0.4, -0.2) is 58.3 Å². The number of hydrogen-bond acceptors (Lipinski definition) is 4. The molecule has 1 saturated heterocycles. The third-order valence-electron chi connectivity index (χ3n) is 4.79. The minimum atomic E-state index is 0.508. The lowest BCUT2D eigenvalue weighted by molar-refractivity contribution is 0.191. The van der Waals surface area contributed by atoms with E-state index in [1.54, 1.807) is 0 Å². The first-order valence-electron chi connectivity index (χ1n) is 9.30. The predicted octanol–water partition coefficient (Wildman–Crippen LogP) is 1.47. The van der Waals surface area contributed by atoms with Crippen molar-refractivity contribution in [1.82, 2.24) is 30.3 Å². The first-order chi connectivity index (χ1) is 12.1. The summed E-state index contributed by atoms with van der Waals surface area (Å²) in [5.41, 5.74) is 0. The zero-order valence-electron chi connectivity index (χ0n) is 16.0. The Morgan fingerprint density at radius 3 is 2.72 bits per heavy atom. The molecule has 2 rings (SSSR count). The van der Waals surface area contributed by atoms with E-state index in [-0.39, 0.29) is 0 Å². The van der Waals surface area contributed by atoms with Crippen LogP contribution < -0.4 is 10.6 Å². The van der Waals surface area contributed by atoms with Gasteiger partial charge in [0.1, 0.15) is 12.4 Å². The molecule has 0 aromatic carbocycles. The Bertz CT molecular complexity index is 556. The summed E-state index contributed by atoms with van der Waals surface area (Å²) in [6.07, 6.45) is 5.61. The fourth-order valence-corrected chi connectivity index (χ4v) is 2.88. The number of hydrogen-bond donors (Lipinski definition) is 2. The summed E-state index contributed by atoms with van der Waals surface area (Å²) < 4.78 is 1.96. The van der Waals surface area contributed by atoms with E-state index >= 15 is 0 Å². The zero-order valence-corrected chi connectivity index (χ0v) is 16.0. The highest BCUT2D eigenvalue weighted by Gasteiger charge is 2.14. The van der Waals surface area contributed by atoms with Crippen molar-refractivity contribution in [3.8, 4) is 0 Å². The first kappa shape index (κ1) is 19.4. The second-order valence-electron chi connectivity index (χ2n) is 6.86. The molecule has 140 valence electrons. The summed E-state index contributed by atoms with van der Waals surface area (Å²) in [6.45, 7) is 13.8. The maximum Gasteiger partial charge on any atom is 0.191 e. The average Bonchev–Trinajstić information content (AvgIpc) is 2.93. The Morgan fingerprint density at radius 1 is 1.32 bits per heavy atom. The maximum absolute atomic E-state index is 4.61. The molecule has 0 aliphatic carbocycles. The van der Waals surface area contributed by atoms with E-state index in [2.05, 4.69) is 44.2 Å². The van der Waals surface area contributed by atoms with Crippen LogP contribution in [0.4, 0.5) is 0 Å². The lowest BCUT2D eigenvalue weighted by atomic mass is 9.99. The number of nitrogens with zero attached hydrogens (tertiary/aromatic N) is 5. The highest BCUT2D eigenvalue weighted by Crippen LogP contribution is 2.15. The van der Waals surface area contributed by atoms with E-state index < -0.39 is 0 Å². The average molecular weight is 348 g/mol. The van der Waals surface area contributed by atoms with Gasteiger partial charge in [0.25, 0.3) is 0 Å². The van der Waals surface area contributed by atoms with Gasteiger partial charge < -0.3 is 20.1 Å². The molecule has 0 radical (unpaired) electrons. The standard InChI is InChI=1S/C18H33N7/c1-5-9-19-18(21-14-17-23-22-16(3)24(17)4)20-10-6-11-25-12-7-15(2)8-13-25/h5,15H,1,6-14H2,2-4H3,(H2,19,20,21). The molecular formula is C18H33N7. The van der Waals surface area contributed by atoms with Crippen LogP contribution in [0.5, 0.6) is 0 Å². The van der Waals surface area contributed by atoms with Gasteiger partial charge in [-0.1, -0.05) is 13.0 Å². The fraction of sp³-hybridized carbons (Fsp3) is 0.722. The van der Waals surface area contributed by atoms with Crippen molar-refractivity contribution < 1.29 is 0 Å². The van der Waals surface area contributed by atoms with Crippen molar-refractivity contribution in [2.24, 2.45) is 18.0 Å². The third kappa shape index (κ3) is 6.49. The van der Waals surface area contributed by atoms with Gasteiger partial charge in [-0.15, -0.1) is 16.8 Å². The van der Waals surface area contributed by atoms with Gasteiger partial charge in [-0.05, 0) is 51.7 Å². The third-order valence-corrected chi connectivity index (χ3v) is 4.79. The SMILES string of the molecule is C=CCNC(=NCc1nnc(C)n1C)NCCCN1CCC(C)CC1.